The lowest BCUT2D eigenvalue weighted by molar-refractivity contribution is -0.384. The average Bonchev–Trinajstić information content (AvgIpc) is 2.95. The summed E-state index contributed by atoms with van der Waals surface area (Å²) in [5.74, 6) is -1.48. The highest BCUT2D eigenvalue weighted by molar-refractivity contribution is 6.22. The van der Waals surface area contributed by atoms with E-state index in [-0.39, 0.29) is 29.9 Å². The molecule has 1 aliphatic rings. The number of rotatable bonds is 7. The van der Waals surface area contributed by atoms with Crippen LogP contribution in [0.1, 0.15) is 27.6 Å². The van der Waals surface area contributed by atoms with E-state index >= 15 is 0 Å². The van der Waals surface area contributed by atoms with Crippen LogP contribution >= 0.6 is 0 Å². The maximum Gasteiger partial charge on any atom is 0.292 e. The van der Waals surface area contributed by atoms with E-state index in [9.17, 15) is 24.5 Å². The number of nitro groups is 1. The van der Waals surface area contributed by atoms with E-state index in [0.717, 1.165) is 4.90 Å². The summed E-state index contributed by atoms with van der Waals surface area (Å²) in [6.07, 6.45) is 0. The molecule has 1 heterocycles. The molecular formula is C19H18N4O5. The zero-order chi connectivity index (χ0) is 20.3. The van der Waals surface area contributed by atoms with Gasteiger partial charge < -0.3 is 10.6 Å². The zero-order valence-electron chi connectivity index (χ0n) is 15.0. The number of hydrogen-bond acceptors (Lipinski definition) is 6. The van der Waals surface area contributed by atoms with Crippen molar-refractivity contribution in [2.75, 3.05) is 18.4 Å². The van der Waals surface area contributed by atoms with Crippen LogP contribution in [0, 0.1) is 10.1 Å². The van der Waals surface area contributed by atoms with E-state index in [1.165, 1.54) is 13.0 Å². The minimum atomic E-state index is -0.974. The summed E-state index contributed by atoms with van der Waals surface area (Å²) < 4.78 is 0. The first-order chi connectivity index (χ1) is 13.4. The normalized spacial score (nSPS) is 13.8. The van der Waals surface area contributed by atoms with E-state index in [2.05, 4.69) is 10.6 Å². The SMILES string of the molecule is C[C@H](C(=O)NCCNc1ccccc1[N+](=O)[O-])N1C(=O)c2ccccc2C1=O. The molecule has 9 nitrogen and oxygen atoms in total. The minimum absolute atomic E-state index is 0.0618. The van der Waals surface area contributed by atoms with Gasteiger partial charge in [0.25, 0.3) is 17.5 Å². The van der Waals surface area contributed by atoms with Crippen LogP contribution in [0.3, 0.4) is 0 Å². The number of nitrogens with zero attached hydrogens (tertiary/aromatic N) is 2. The predicted octanol–water partition coefficient (Wildman–Crippen LogP) is 1.81. The van der Waals surface area contributed by atoms with E-state index < -0.39 is 28.7 Å². The number of carbonyl (C=O) groups is 3. The van der Waals surface area contributed by atoms with Gasteiger partial charge in [0.15, 0.2) is 0 Å². The molecule has 0 radical (unpaired) electrons. The molecule has 0 aliphatic carbocycles. The lowest BCUT2D eigenvalue weighted by Crippen LogP contribution is -2.48. The Hall–Kier alpha value is -3.75. The second-order valence-electron chi connectivity index (χ2n) is 6.19. The zero-order valence-corrected chi connectivity index (χ0v) is 15.0. The Balaban J connectivity index is 1.56. The summed E-state index contributed by atoms with van der Waals surface area (Å²) in [5, 5.41) is 16.5. The van der Waals surface area contributed by atoms with Crippen molar-refractivity contribution in [2.45, 2.75) is 13.0 Å². The molecule has 2 aromatic rings. The van der Waals surface area contributed by atoms with Gasteiger partial charge in [0.1, 0.15) is 11.7 Å². The third kappa shape index (κ3) is 3.54. The summed E-state index contributed by atoms with van der Waals surface area (Å²) in [5.41, 5.74) is 0.846. The molecule has 1 atom stereocenters. The van der Waals surface area contributed by atoms with Gasteiger partial charge in [-0.2, -0.15) is 0 Å². The molecular weight excluding hydrogens is 364 g/mol. The lowest BCUT2D eigenvalue weighted by atomic mass is 10.1. The summed E-state index contributed by atoms with van der Waals surface area (Å²) in [6.45, 7) is 1.89. The summed E-state index contributed by atoms with van der Waals surface area (Å²) in [7, 11) is 0. The Morgan fingerprint density at radius 1 is 1.04 bits per heavy atom. The van der Waals surface area contributed by atoms with Crippen molar-refractivity contribution in [1.82, 2.24) is 10.2 Å². The van der Waals surface area contributed by atoms with Crippen LogP contribution in [0.5, 0.6) is 0 Å². The van der Waals surface area contributed by atoms with Gasteiger partial charge in [0.05, 0.1) is 16.1 Å². The highest BCUT2D eigenvalue weighted by Gasteiger charge is 2.40. The number of nitrogens with one attached hydrogen (secondary N) is 2. The molecule has 9 heteroatoms. The quantitative estimate of drug-likeness (QED) is 0.326. The fourth-order valence-electron chi connectivity index (χ4n) is 2.99. The van der Waals surface area contributed by atoms with Gasteiger partial charge in [0, 0.05) is 19.2 Å². The Bertz CT molecular complexity index is 924. The minimum Gasteiger partial charge on any atom is -0.378 e. The lowest BCUT2D eigenvalue weighted by Gasteiger charge is -2.21. The van der Waals surface area contributed by atoms with E-state index in [4.69, 9.17) is 0 Å². The van der Waals surface area contributed by atoms with Gasteiger partial charge in [-0.1, -0.05) is 24.3 Å². The number of benzene rings is 2. The van der Waals surface area contributed by atoms with Crippen molar-refractivity contribution in [3.63, 3.8) is 0 Å². The number of anilines is 1. The number of imide groups is 1. The van der Waals surface area contributed by atoms with Gasteiger partial charge in [-0.05, 0) is 25.1 Å². The Labute approximate surface area is 160 Å². The summed E-state index contributed by atoms with van der Waals surface area (Å²) in [6, 6.07) is 11.6. The molecule has 1 aliphatic heterocycles. The predicted molar refractivity (Wildman–Crippen MR) is 101 cm³/mol. The highest BCUT2D eigenvalue weighted by atomic mass is 16.6. The monoisotopic (exact) mass is 382 g/mol. The average molecular weight is 382 g/mol. The van der Waals surface area contributed by atoms with Gasteiger partial charge in [-0.25, -0.2) is 0 Å². The van der Waals surface area contributed by atoms with E-state index in [1.54, 1.807) is 42.5 Å². The number of hydrogen-bond donors (Lipinski definition) is 2. The van der Waals surface area contributed by atoms with Crippen LogP contribution in [0.2, 0.25) is 0 Å². The Morgan fingerprint density at radius 3 is 2.21 bits per heavy atom. The van der Waals surface area contributed by atoms with Crippen LogP contribution in [0.15, 0.2) is 48.5 Å². The number of amides is 3. The van der Waals surface area contributed by atoms with Crippen molar-refractivity contribution in [3.05, 3.63) is 69.8 Å². The highest BCUT2D eigenvalue weighted by Crippen LogP contribution is 2.24. The Kier molecular flexibility index (Phi) is 5.35. The largest absolute Gasteiger partial charge is 0.378 e. The third-order valence-electron chi connectivity index (χ3n) is 4.43. The molecule has 0 saturated carbocycles. The van der Waals surface area contributed by atoms with Gasteiger partial charge in [-0.3, -0.25) is 29.4 Å². The second-order valence-corrected chi connectivity index (χ2v) is 6.19. The van der Waals surface area contributed by atoms with Crippen LogP contribution < -0.4 is 10.6 Å². The molecule has 144 valence electrons. The number of para-hydroxylation sites is 2. The van der Waals surface area contributed by atoms with Crippen LogP contribution in [0.4, 0.5) is 11.4 Å². The fourth-order valence-corrected chi connectivity index (χ4v) is 2.99. The molecule has 2 aromatic carbocycles. The van der Waals surface area contributed by atoms with Crippen molar-refractivity contribution < 1.29 is 19.3 Å². The molecule has 2 N–H and O–H groups in total. The Morgan fingerprint density at radius 2 is 1.61 bits per heavy atom. The smallest absolute Gasteiger partial charge is 0.292 e. The van der Waals surface area contributed by atoms with Gasteiger partial charge in [0.2, 0.25) is 5.91 Å². The molecule has 0 unspecified atom stereocenters. The molecule has 3 rings (SSSR count). The van der Waals surface area contributed by atoms with Crippen LogP contribution in [-0.2, 0) is 4.79 Å². The number of fused-ring (bicyclic) bond motifs is 1. The summed E-state index contributed by atoms with van der Waals surface area (Å²) >= 11 is 0. The topological polar surface area (TPSA) is 122 Å². The first-order valence-electron chi connectivity index (χ1n) is 8.63. The molecule has 28 heavy (non-hydrogen) atoms. The van der Waals surface area contributed by atoms with Crippen molar-refractivity contribution in [1.29, 1.82) is 0 Å². The fraction of sp³-hybridized carbons (Fsp3) is 0.211. The molecule has 0 saturated heterocycles. The molecule has 0 spiro atoms. The molecule has 3 amide bonds. The van der Waals surface area contributed by atoms with Crippen molar-refractivity contribution in [2.24, 2.45) is 0 Å². The van der Waals surface area contributed by atoms with Crippen LogP contribution in [0.25, 0.3) is 0 Å². The summed E-state index contributed by atoms with van der Waals surface area (Å²) in [4.78, 5) is 48.6. The molecule has 0 fully saturated rings. The number of carbonyl (C=O) groups excluding carboxylic acids is 3. The van der Waals surface area contributed by atoms with Gasteiger partial charge >= 0.3 is 0 Å². The maximum atomic E-state index is 12.4. The first-order valence-corrected chi connectivity index (χ1v) is 8.63. The third-order valence-corrected chi connectivity index (χ3v) is 4.43. The number of nitro benzene ring substituents is 1. The van der Waals surface area contributed by atoms with Crippen molar-refractivity contribution >= 4 is 29.1 Å². The second kappa shape index (κ2) is 7.87. The molecule has 0 bridgehead atoms. The van der Waals surface area contributed by atoms with E-state index in [0.29, 0.717) is 5.69 Å². The van der Waals surface area contributed by atoms with Crippen LogP contribution in [-0.4, -0.2) is 46.7 Å². The first kappa shape index (κ1) is 19.0. The van der Waals surface area contributed by atoms with Gasteiger partial charge in [-0.15, -0.1) is 0 Å². The standard InChI is InChI=1S/C19H18N4O5/c1-12(22-18(25)13-6-2-3-7-14(13)19(22)26)17(24)21-11-10-20-15-8-4-5-9-16(15)23(27)28/h2-9,12,20H,10-11H2,1H3,(H,21,24)/t12-/m1/s1. The van der Waals surface area contributed by atoms with E-state index in [1.807, 2.05) is 0 Å². The molecule has 0 aromatic heterocycles. The maximum absolute atomic E-state index is 12.4. The van der Waals surface area contributed by atoms with Crippen molar-refractivity contribution in [3.8, 4) is 0 Å².